The third-order valence-electron chi connectivity index (χ3n) is 6.10. The molecular weight excluding hydrogens is 458 g/mol. The highest BCUT2D eigenvalue weighted by molar-refractivity contribution is 7.91. The van der Waals surface area contributed by atoms with Gasteiger partial charge in [0.25, 0.3) is 0 Å². The lowest BCUT2D eigenvalue weighted by molar-refractivity contribution is 0.257. The molecule has 0 saturated heterocycles. The van der Waals surface area contributed by atoms with Gasteiger partial charge in [0.15, 0.2) is 18.2 Å². The molecule has 2 aromatic rings. The van der Waals surface area contributed by atoms with E-state index in [9.17, 15) is 17.2 Å². The molecule has 0 aliphatic heterocycles. The van der Waals surface area contributed by atoms with Crippen LogP contribution in [0.5, 0.6) is 0 Å². The van der Waals surface area contributed by atoms with E-state index in [1.54, 1.807) is 6.92 Å². The Balaban J connectivity index is 2.41. The molecule has 0 aromatic heterocycles. The molecule has 0 heterocycles. The fraction of sp³-hybridized carbons (Fsp3) is 0.478. The Morgan fingerprint density at radius 3 is 2.19 bits per heavy atom. The van der Waals surface area contributed by atoms with Crippen LogP contribution in [0.15, 0.2) is 47.4 Å². The summed E-state index contributed by atoms with van der Waals surface area (Å²) in [7, 11) is -6.03. The Morgan fingerprint density at radius 2 is 1.65 bits per heavy atom. The predicted octanol–water partition coefficient (Wildman–Crippen LogP) is 7.18. The SMILES string of the molecule is CC(CCO[Si](C)(C)C(C)(C)C)C(c1cc(F)ccc1F)S(=O)(=O)c1ccc(Cl)cc1. The largest absolute Gasteiger partial charge is 0.417 e. The molecule has 2 unspecified atom stereocenters. The summed E-state index contributed by atoms with van der Waals surface area (Å²) in [5.74, 6) is -1.94. The Morgan fingerprint density at radius 1 is 1.06 bits per heavy atom. The number of hydrogen-bond acceptors (Lipinski definition) is 3. The Hall–Kier alpha value is -1.28. The van der Waals surface area contributed by atoms with Crippen LogP contribution < -0.4 is 0 Å². The van der Waals surface area contributed by atoms with Gasteiger partial charge in [0, 0.05) is 17.2 Å². The second-order valence-corrected chi connectivity index (χ2v) is 16.8. The number of hydrogen-bond donors (Lipinski definition) is 0. The Labute approximate surface area is 190 Å². The number of halogens is 3. The topological polar surface area (TPSA) is 43.4 Å². The molecule has 0 bridgehead atoms. The molecule has 8 heteroatoms. The fourth-order valence-electron chi connectivity index (χ4n) is 3.15. The summed E-state index contributed by atoms with van der Waals surface area (Å²) in [6, 6.07) is 8.64. The van der Waals surface area contributed by atoms with Crippen LogP contribution >= 0.6 is 11.6 Å². The maximum Gasteiger partial charge on any atom is 0.191 e. The van der Waals surface area contributed by atoms with Crippen molar-refractivity contribution in [1.29, 1.82) is 0 Å². The molecule has 2 rings (SSSR count). The van der Waals surface area contributed by atoms with Crippen molar-refractivity contribution < 1.29 is 21.6 Å². The lowest BCUT2D eigenvalue weighted by Crippen LogP contribution is -2.41. The van der Waals surface area contributed by atoms with Crippen LogP contribution in [0.4, 0.5) is 8.78 Å². The third kappa shape index (κ3) is 6.15. The minimum atomic E-state index is -4.01. The van der Waals surface area contributed by atoms with Gasteiger partial charge in [-0.15, -0.1) is 0 Å². The molecule has 0 amide bonds. The van der Waals surface area contributed by atoms with Gasteiger partial charge in [-0.2, -0.15) is 0 Å². The first-order chi connectivity index (χ1) is 14.2. The zero-order chi connectivity index (χ0) is 23.6. The number of rotatable bonds is 8. The molecule has 0 N–H and O–H groups in total. The van der Waals surface area contributed by atoms with Gasteiger partial charge in [0.2, 0.25) is 0 Å². The van der Waals surface area contributed by atoms with Crippen LogP contribution in [-0.2, 0) is 14.3 Å². The quantitative estimate of drug-likeness (QED) is 0.369. The van der Waals surface area contributed by atoms with E-state index in [4.69, 9.17) is 16.0 Å². The van der Waals surface area contributed by atoms with Gasteiger partial charge in [-0.3, -0.25) is 0 Å². The second kappa shape index (κ2) is 9.69. The summed E-state index contributed by atoms with van der Waals surface area (Å²) in [5.41, 5.74) is -0.172. The predicted molar refractivity (Wildman–Crippen MR) is 125 cm³/mol. The van der Waals surface area contributed by atoms with Gasteiger partial charge in [0.1, 0.15) is 11.6 Å². The van der Waals surface area contributed by atoms with Crippen molar-refractivity contribution in [3.8, 4) is 0 Å². The summed E-state index contributed by atoms with van der Waals surface area (Å²) in [5, 5.41) is -0.852. The molecule has 2 aromatic carbocycles. The molecule has 0 aliphatic carbocycles. The first-order valence-corrected chi connectivity index (χ1v) is 15.1. The van der Waals surface area contributed by atoms with Crippen molar-refractivity contribution in [3.05, 3.63) is 64.7 Å². The van der Waals surface area contributed by atoms with E-state index in [2.05, 4.69) is 33.9 Å². The molecule has 2 atom stereocenters. The fourth-order valence-corrected chi connectivity index (χ4v) is 6.41. The molecule has 0 spiro atoms. The van der Waals surface area contributed by atoms with Crippen molar-refractivity contribution in [1.82, 2.24) is 0 Å². The van der Waals surface area contributed by atoms with Crippen LogP contribution in [0.25, 0.3) is 0 Å². The van der Waals surface area contributed by atoms with E-state index in [-0.39, 0.29) is 15.5 Å². The van der Waals surface area contributed by atoms with Gasteiger partial charge in [-0.25, -0.2) is 17.2 Å². The summed E-state index contributed by atoms with van der Waals surface area (Å²) >= 11 is 5.90. The second-order valence-electron chi connectivity index (χ2n) is 9.46. The summed E-state index contributed by atoms with van der Waals surface area (Å²) in [4.78, 5) is 0.0164. The number of sulfone groups is 1. The lowest BCUT2D eigenvalue weighted by atomic mass is 9.97. The summed E-state index contributed by atoms with van der Waals surface area (Å²) in [6.07, 6.45) is 0.389. The molecule has 0 fully saturated rings. The Bertz CT molecular complexity index is 1000. The highest BCUT2D eigenvalue weighted by Crippen LogP contribution is 2.40. The van der Waals surface area contributed by atoms with Gasteiger partial charge in [-0.05, 0) is 72.9 Å². The average molecular weight is 489 g/mol. The number of benzene rings is 2. The van der Waals surface area contributed by atoms with Crippen LogP contribution in [0, 0.1) is 17.6 Å². The minimum absolute atomic E-state index is 0.0136. The average Bonchev–Trinajstić information content (AvgIpc) is 2.64. The van der Waals surface area contributed by atoms with Gasteiger partial charge in [0.05, 0.1) is 10.1 Å². The van der Waals surface area contributed by atoms with Gasteiger partial charge < -0.3 is 4.43 Å². The third-order valence-corrected chi connectivity index (χ3v) is 13.2. The molecule has 0 aliphatic rings. The zero-order valence-electron chi connectivity index (χ0n) is 18.9. The van der Waals surface area contributed by atoms with Crippen molar-refractivity contribution in [3.63, 3.8) is 0 Å². The van der Waals surface area contributed by atoms with E-state index in [0.717, 1.165) is 18.2 Å². The molecular formula is C23H31ClF2O3SSi. The molecule has 31 heavy (non-hydrogen) atoms. The van der Waals surface area contributed by atoms with Crippen LogP contribution in [0.1, 0.15) is 44.9 Å². The molecule has 0 radical (unpaired) electrons. The van der Waals surface area contributed by atoms with Crippen molar-refractivity contribution >= 4 is 29.8 Å². The maximum atomic E-state index is 14.7. The maximum absolute atomic E-state index is 14.7. The first kappa shape index (κ1) is 26.0. The van der Waals surface area contributed by atoms with E-state index >= 15 is 0 Å². The lowest BCUT2D eigenvalue weighted by Gasteiger charge is -2.36. The molecule has 3 nitrogen and oxygen atoms in total. The summed E-state index contributed by atoms with van der Waals surface area (Å²) < 4.78 is 61.8. The first-order valence-electron chi connectivity index (χ1n) is 10.2. The molecule has 0 saturated carbocycles. The van der Waals surface area contributed by atoms with Crippen molar-refractivity contribution in [2.75, 3.05) is 6.61 Å². The van der Waals surface area contributed by atoms with Crippen LogP contribution in [0.2, 0.25) is 23.2 Å². The van der Waals surface area contributed by atoms with E-state index in [1.807, 2.05) is 0 Å². The minimum Gasteiger partial charge on any atom is -0.417 e. The zero-order valence-corrected chi connectivity index (χ0v) is 21.4. The van der Waals surface area contributed by atoms with Crippen molar-refractivity contribution in [2.24, 2.45) is 5.92 Å². The van der Waals surface area contributed by atoms with E-state index in [1.165, 1.54) is 24.3 Å². The highest BCUT2D eigenvalue weighted by atomic mass is 35.5. The van der Waals surface area contributed by atoms with Gasteiger partial charge >= 0.3 is 0 Å². The standard InChI is InChI=1S/C23H31ClF2O3SSi/c1-16(13-14-29-31(5,6)23(2,3)4)22(20-15-18(25)9-12-21(20)26)30(27,28)19-10-7-17(24)8-11-19/h7-12,15-16,22H,13-14H2,1-6H3. The van der Waals surface area contributed by atoms with Crippen LogP contribution in [0.3, 0.4) is 0 Å². The monoisotopic (exact) mass is 488 g/mol. The van der Waals surface area contributed by atoms with E-state index in [0.29, 0.717) is 18.1 Å². The van der Waals surface area contributed by atoms with E-state index < -0.39 is 41.0 Å². The van der Waals surface area contributed by atoms with Crippen LogP contribution in [-0.4, -0.2) is 23.3 Å². The van der Waals surface area contributed by atoms with Crippen molar-refractivity contribution in [2.45, 2.75) is 62.4 Å². The normalized spacial score (nSPS) is 15.0. The van der Waals surface area contributed by atoms with Gasteiger partial charge in [-0.1, -0.05) is 39.3 Å². The summed E-state index contributed by atoms with van der Waals surface area (Å²) in [6.45, 7) is 12.7. The Kier molecular flexibility index (Phi) is 8.12. The highest BCUT2D eigenvalue weighted by Gasteiger charge is 2.39. The molecule has 172 valence electrons. The smallest absolute Gasteiger partial charge is 0.191 e.